The van der Waals surface area contributed by atoms with Gasteiger partial charge in [-0.05, 0) is 106 Å². The Morgan fingerprint density at radius 1 is 0.961 bits per heavy atom. The number of carboxylic acids is 1. The highest BCUT2D eigenvalue weighted by Crippen LogP contribution is 2.76. The van der Waals surface area contributed by atoms with Crippen LogP contribution in [0, 0.1) is 56.2 Å². The number of ketones is 1. The number of allylic oxidation sites excluding steroid dienone is 2. The van der Waals surface area contributed by atoms with Crippen molar-refractivity contribution in [2.24, 2.45) is 49.5 Å². The monoisotopic (exact) mass is 711 g/mol. The molecular formula is C40H57NO10. The maximum Gasteiger partial charge on any atom is 0.519 e. The summed E-state index contributed by atoms with van der Waals surface area (Å²) >= 11 is 0. The first-order chi connectivity index (χ1) is 23.8. The zero-order valence-corrected chi connectivity index (χ0v) is 31.8. The number of aryl methyl sites for hydroxylation is 1. The first-order valence-corrected chi connectivity index (χ1v) is 19.0. The zero-order valence-electron chi connectivity index (χ0n) is 31.8. The van der Waals surface area contributed by atoms with Crippen LogP contribution in [0.15, 0.2) is 30.5 Å². The van der Waals surface area contributed by atoms with E-state index < -0.39 is 56.4 Å². The number of carboxylic acid groups (broad SMARTS) is 1. The number of carbonyl (C=O) groups excluding carboxylic acids is 2. The van der Waals surface area contributed by atoms with E-state index in [1.807, 2.05) is 33.8 Å². The Labute approximate surface area is 300 Å². The van der Waals surface area contributed by atoms with Gasteiger partial charge >= 0.3 is 17.8 Å². The van der Waals surface area contributed by atoms with Crippen molar-refractivity contribution in [3.8, 4) is 0 Å². The van der Waals surface area contributed by atoms with Crippen molar-refractivity contribution < 1.29 is 37.8 Å². The normalized spacial score (nSPS) is 43.2. The molecule has 51 heavy (non-hydrogen) atoms. The largest absolute Gasteiger partial charge is 0.519 e. The lowest BCUT2D eigenvalue weighted by molar-refractivity contribution is -0.234. The van der Waals surface area contributed by atoms with Crippen molar-refractivity contribution in [2.75, 3.05) is 6.61 Å². The molecule has 4 saturated carbocycles. The molecule has 0 spiro atoms. The van der Waals surface area contributed by atoms with Gasteiger partial charge in [-0.3, -0.25) is 14.4 Å². The molecule has 11 nitrogen and oxygen atoms in total. The van der Waals surface area contributed by atoms with Gasteiger partial charge in [0.1, 0.15) is 24.0 Å². The average molecular weight is 712 g/mol. The van der Waals surface area contributed by atoms with Crippen molar-refractivity contribution in [3.63, 3.8) is 0 Å². The van der Waals surface area contributed by atoms with Crippen molar-refractivity contribution in [1.29, 1.82) is 0 Å². The number of hydrogen-bond donors (Lipinski definition) is 1. The van der Waals surface area contributed by atoms with Gasteiger partial charge in [0.25, 0.3) is 0 Å². The van der Waals surface area contributed by atoms with Gasteiger partial charge in [0, 0.05) is 17.8 Å². The van der Waals surface area contributed by atoms with E-state index in [1.54, 1.807) is 6.92 Å². The SMILES string of the molecule is CCCCC(=O)O[C@H]1CC[C@]2(C)[C@H]3C(=O)C=C4[C@@H]5C[C@@](C)(C(=O)O)CC[C@]5(C)CC[C@@]4(C)[C@]3(C)CC[C@@]2(N=O)[C@]1(C)COCc1oc(=O)oc1C. The number of aliphatic carboxylic acids is 1. The van der Waals surface area contributed by atoms with Crippen LogP contribution in [0.3, 0.4) is 0 Å². The lowest BCUT2D eigenvalue weighted by Gasteiger charge is -2.72. The van der Waals surface area contributed by atoms with Gasteiger partial charge in [-0.15, -0.1) is 0 Å². The van der Waals surface area contributed by atoms with Gasteiger partial charge in [0.15, 0.2) is 11.5 Å². The van der Waals surface area contributed by atoms with E-state index in [4.69, 9.17) is 18.3 Å². The molecule has 1 aromatic rings. The van der Waals surface area contributed by atoms with E-state index >= 15 is 0 Å². The standard InChI is InChI=1S/C40H57NO10/c1-9-10-11-30(43)51-29-12-13-38(7)31-27(42)20-25-26-21-35(4,32(44)45)15-14-34(26,3)16-17-36(25,5)37(31,6)18-19-40(38,41-47)39(29,8)23-48-22-28-24(2)49-33(46)50-28/h20,26,29,31H,9-19,21-23H2,1-8H3,(H,44,45)/t26-,29-,31-,34+,35-,36+,37+,38+,39+,40-/m0/s1. The number of ether oxygens (including phenoxy) is 2. The molecule has 1 heterocycles. The Morgan fingerprint density at radius 2 is 1.67 bits per heavy atom. The van der Waals surface area contributed by atoms with E-state index in [1.165, 1.54) is 0 Å². The molecule has 282 valence electrons. The summed E-state index contributed by atoms with van der Waals surface area (Å²) in [6, 6.07) is 0. The minimum atomic E-state index is -1.34. The van der Waals surface area contributed by atoms with Gasteiger partial charge in [-0.25, -0.2) is 4.79 Å². The molecule has 4 fully saturated rings. The van der Waals surface area contributed by atoms with Crippen LogP contribution in [0.1, 0.15) is 137 Å². The Kier molecular flexibility index (Phi) is 9.24. The number of esters is 1. The fourth-order valence-corrected chi connectivity index (χ4v) is 12.1. The van der Waals surface area contributed by atoms with Gasteiger partial charge in [0.2, 0.25) is 0 Å². The lowest BCUT2D eigenvalue weighted by atomic mass is 9.31. The number of hydrogen-bond acceptors (Lipinski definition) is 10. The number of fused-ring (bicyclic) bond motifs is 7. The summed E-state index contributed by atoms with van der Waals surface area (Å²) in [5.41, 5.74) is -4.14. The molecule has 5 aliphatic rings. The molecule has 1 aromatic heterocycles. The molecule has 11 heteroatoms. The molecule has 0 aromatic carbocycles. The summed E-state index contributed by atoms with van der Waals surface area (Å²) in [4.78, 5) is 66.1. The minimum absolute atomic E-state index is 0.0236. The smallest absolute Gasteiger partial charge is 0.481 e. The second kappa shape index (κ2) is 12.5. The predicted octanol–water partition coefficient (Wildman–Crippen LogP) is 8.09. The zero-order chi connectivity index (χ0) is 37.4. The first-order valence-electron chi connectivity index (χ1n) is 19.0. The van der Waals surface area contributed by atoms with E-state index in [2.05, 4.69) is 25.9 Å². The highest BCUT2D eigenvalue weighted by atomic mass is 16.6. The summed E-state index contributed by atoms with van der Waals surface area (Å²) in [6.45, 7) is 16.1. The number of unbranched alkanes of at least 4 members (excludes halogenated alkanes) is 1. The van der Waals surface area contributed by atoms with Gasteiger partial charge in [-0.2, -0.15) is 4.91 Å². The molecule has 0 saturated heterocycles. The van der Waals surface area contributed by atoms with Crippen molar-refractivity contribution >= 4 is 17.7 Å². The molecular weight excluding hydrogens is 654 g/mol. The quantitative estimate of drug-likeness (QED) is 0.185. The van der Waals surface area contributed by atoms with E-state index in [0.29, 0.717) is 50.7 Å². The third-order valence-corrected chi connectivity index (χ3v) is 15.8. The fourth-order valence-electron chi connectivity index (χ4n) is 12.1. The average Bonchev–Trinajstić information content (AvgIpc) is 3.39. The number of carbonyl (C=O) groups is 3. The number of nitroso groups, excluding NO2 is 1. The van der Waals surface area contributed by atoms with E-state index in [-0.39, 0.29) is 48.5 Å². The van der Waals surface area contributed by atoms with Gasteiger partial charge in [-0.1, -0.05) is 58.7 Å². The first kappa shape index (κ1) is 37.7. The van der Waals surface area contributed by atoms with Crippen LogP contribution in [0.4, 0.5) is 0 Å². The summed E-state index contributed by atoms with van der Waals surface area (Å²) in [5, 5.41) is 14.3. The third-order valence-electron chi connectivity index (χ3n) is 15.8. The molecule has 5 aliphatic carbocycles. The van der Waals surface area contributed by atoms with Crippen molar-refractivity contribution in [3.05, 3.63) is 38.7 Å². The summed E-state index contributed by atoms with van der Waals surface area (Å²) < 4.78 is 22.7. The molecule has 6 rings (SSSR count). The summed E-state index contributed by atoms with van der Waals surface area (Å²) in [5.74, 6) is -2.01. The molecule has 0 unspecified atom stereocenters. The second-order valence-corrected chi connectivity index (χ2v) is 18.3. The Bertz CT molecular complexity index is 1690. The van der Waals surface area contributed by atoms with Crippen LogP contribution in [-0.2, 0) is 30.5 Å². The lowest BCUT2D eigenvalue weighted by Crippen LogP contribution is -2.75. The van der Waals surface area contributed by atoms with Crippen molar-refractivity contribution in [2.45, 2.75) is 151 Å². The summed E-state index contributed by atoms with van der Waals surface area (Å²) in [6.07, 6.45) is 8.46. The minimum Gasteiger partial charge on any atom is -0.481 e. The highest BCUT2D eigenvalue weighted by Gasteiger charge is 2.77. The second-order valence-electron chi connectivity index (χ2n) is 18.3. The van der Waals surface area contributed by atoms with Crippen LogP contribution in [-0.4, -0.2) is 41.1 Å². The molecule has 0 amide bonds. The molecule has 0 bridgehead atoms. The van der Waals surface area contributed by atoms with Crippen LogP contribution >= 0.6 is 0 Å². The Morgan fingerprint density at radius 3 is 2.29 bits per heavy atom. The number of nitrogens with zero attached hydrogens (tertiary/aromatic N) is 1. The van der Waals surface area contributed by atoms with E-state index in [0.717, 1.165) is 31.3 Å². The molecule has 1 N–H and O–H groups in total. The summed E-state index contributed by atoms with van der Waals surface area (Å²) in [7, 11) is 0. The maximum atomic E-state index is 14.9. The van der Waals surface area contributed by atoms with Crippen LogP contribution < -0.4 is 5.82 Å². The van der Waals surface area contributed by atoms with Crippen LogP contribution in [0.5, 0.6) is 0 Å². The Hall–Kier alpha value is -3.08. The molecule has 0 aliphatic heterocycles. The Balaban J connectivity index is 1.42. The molecule has 10 atom stereocenters. The van der Waals surface area contributed by atoms with Crippen molar-refractivity contribution in [1.82, 2.24) is 0 Å². The molecule has 0 radical (unpaired) electrons. The van der Waals surface area contributed by atoms with Gasteiger partial charge in [0.05, 0.1) is 17.4 Å². The van der Waals surface area contributed by atoms with E-state index in [9.17, 15) is 29.2 Å². The highest BCUT2D eigenvalue weighted by molar-refractivity contribution is 5.96. The maximum absolute atomic E-state index is 14.9. The fraction of sp³-hybridized carbons (Fsp3) is 0.800. The van der Waals surface area contributed by atoms with Crippen LogP contribution in [0.25, 0.3) is 0 Å². The predicted molar refractivity (Wildman–Crippen MR) is 187 cm³/mol. The topological polar surface area (TPSA) is 163 Å². The number of rotatable bonds is 10. The van der Waals surface area contributed by atoms with Crippen LogP contribution in [0.2, 0.25) is 0 Å². The third kappa shape index (κ3) is 5.28. The van der Waals surface area contributed by atoms with Gasteiger partial charge < -0.3 is 23.4 Å².